The van der Waals surface area contributed by atoms with Crippen LogP contribution in [0.25, 0.3) is 22.0 Å². The second kappa shape index (κ2) is 8.40. The van der Waals surface area contributed by atoms with Gasteiger partial charge in [0.05, 0.1) is 11.1 Å². The van der Waals surface area contributed by atoms with E-state index in [1.165, 1.54) is 11.1 Å². The van der Waals surface area contributed by atoms with E-state index in [0.29, 0.717) is 17.5 Å². The van der Waals surface area contributed by atoms with Crippen LogP contribution in [0.15, 0.2) is 79.0 Å². The van der Waals surface area contributed by atoms with Crippen molar-refractivity contribution < 1.29 is 4.79 Å². The van der Waals surface area contributed by atoms with Crippen LogP contribution < -0.4 is 11.1 Å². The number of aromatic amines is 1. The molecule has 1 amide bonds. The summed E-state index contributed by atoms with van der Waals surface area (Å²) in [5.41, 5.74) is 11.9. The van der Waals surface area contributed by atoms with E-state index in [2.05, 4.69) is 65.0 Å². The van der Waals surface area contributed by atoms with Gasteiger partial charge >= 0.3 is 0 Å². The standard InChI is InChI=1S/C27H27N3O/c28-27(31)24-15-21(19-9-5-2-6-10-19)14-23-25(17-30-26(23)24)20-11-12-22(13-20)29-16-18-7-3-1-4-8-18/h1-10,14-15,17,20,22,29-30H,11-13,16H2,(H2,28,31). The maximum Gasteiger partial charge on any atom is 0.250 e. The fourth-order valence-corrected chi connectivity index (χ4v) is 4.89. The molecule has 0 aliphatic heterocycles. The lowest BCUT2D eigenvalue weighted by Crippen LogP contribution is -2.25. The van der Waals surface area contributed by atoms with Gasteiger partial charge in [-0.05, 0) is 59.6 Å². The molecule has 4 heteroatoms. The lowest BCUT2D eigenvalue weighted by Gasteiger charge is -2.14. The summed E-state index contributed by atoms with van der Waals surface area (Å²) in [4.78, 5) is 15.5. The van der Waals surface area contributed by atoms with Crippen LogP contribution in [0.4, 0.5) is 0 Å². The maximum absolute atomic E-state index is 12.2. The molecule has 0 radical (unpaired) electrons. The molecule has 1 saturated carbocycles. The summed E-state index contributed by atoms with van der Waals surface area (Å²) < 4.78 is 0. The first kappa shape index (κ1) is 19.6. The van der Waals surface area contributed by atoms with E-state index >= 15 is 0 Å². The van der Waals surface area contributed by atoms with E-state index in [9.17, 15) is 4.79 Å². The zero-order valence-electron chi connectivity index (χ0n) is 17.5. The second-order valence-corrected chi connectivity index (χ2v) is 8.49. The summed E-state index contributed by atoms with van der Waals surface area (Å²) in [6.45, 7) is 0.899. The zero-order chi connectivity index (χ0) is 21.2. The van der Waals surface area contributed by atoms with Gasteiger partial charge in [0.1, 0.15) is 0 Å². The largest absolute Gasteiger partial charge is 0.366 e. The molecule has 1 fully saturated rings. The Morgan fingerprint density at radius 3 is 2.45 bits per heavy atom. The van der Waals surface area contributed by atoms with Crippen molar-refractivity contribution in [1.29, 1.82) is 0 Å². The van der Waals surface area contributed by atoms with Gasteiger partial charge in [0.15, 0.2) is 0 Å². The van der Waals surface area contributed by atoms with Gasteiger partial charge in [-0.15, -0.1) is 0 Å². The molecule has 4 nitrogen and oxygen atoms in total. The zero-order valence-corrected chi connectivity index (χ0v) is 17.5. The minimum absolute atomic E-state index is 0.398. The summed E-state index contributed by atoms with van der Waals surface area (Å²) >= 11 is 0. The van der Waals surface area contributed by atoms with E-state index in [0.717, 1.165) is 47.8 Å². The number of hydrogen-bond acceptors (Lipinski definition) is 2. The summed E-state index contributed by atoms with van der Waals surface area (Å²) in [5.74, 6) is 0.0683. The van der Waals surface area contributed by atoms with Crippen molar-refractivity contribution in [1.82, 2.24) is 10.3 Å². The molecular weight excluding hydrogens is 382 g/mol. The Kier molecular flexibility index (Phi) is 5.31. The molecule has 4 N–H and O–H groups in total. The lowest BCUT2D eigenvalue weighted by molar-refractivity contribution is 0.100. The van der Waals surface area contributed by atoms with Gasteiger partial charge in [-0.25, -0.2) is 0 Å². The first-order chi connectivity index (χ1) is 15.2. The molecule has 1 heterocycles. The SMILES string of the molecule is NC(=O)c1cc(-c2ccccc2)cc2c(C3CCC(NCc4ccccc4)C3)c[nH]c12. The van der Waals surface area contributed by atoms with Crippen molar-refractivity contribution in [2.45, 2.75) is 37.8 Å². The average molecular weight is 410 g/mol. The normalized spacial score (nSPS) is 18.5. The third kappa shape index (κ3) is 3.99. The summed E-state index contributed by atoms with van der Waals surface area (Å²) in [6, 6.07) is 25.3. The Hall–Kier alpha value is -3.37. The Labute approximate surface area is 182 Å². The third-order valence-corrected chi connectivity index (χ3v) is 6.50. The number of carbonyl (C=O) groups is 1. The minimum atomic E-state index is -0.398. The molecule has 0 saturated heterocycles. The molecule has 5 rings (SSSR count). The highest BCUT2D eigenvalue weighted by Crippen LogP contribution is 2.40. The topological polar surface area (TPSA) is 70.9 Å². The number of primary amides is 1. The lowest BCUT2D eigenvalue weighted by atomic mass is 9.93. The first-order valence-electron chi connectivity index (χ1n) is 11.0. The summed E-state index contributed by atoms with van der Waals surface area (Å²) in [7, 11) is 0. The number of hydrogen-bond donors (Lipinski definition) is 3. The molecule has 1 aliphatic rings. The van der Waals surface area contributed by atoms with Crippen LogP contribution in [-0.2, 0) is 6.54 Å². The van der Waals surface area contributed by atoms with Gasteiger partial charge in [-0.2, -0.15) is 0 Å². The molecule has 1 aliphatic carbocycles. The minimum Gasteiger partial charge on any atom is -0.366 e. The summed E-state index contributed by atoms with van der Waals surface area (Å²) in [6.07, 6.45) is 5.48. The number of rotatable bonds is 6. The molecule has 2 atom stereocenters. The first-order valence-corrected chi connectivity index (χ1v) is 11.0. The second-order valence-electron chi connectivity index (χ2n) is 8.49. The molecule has 31 heavy (non-hydrogen) atoms. The average Bonchev–Trinajstić information content (AvgIpc) is 3.45. The highest BCUT2D eigenvalue weighted by molar-refractivity contribution is 6.07. The Morgan fingerprint density at radius 2 is 1.71 bits per heavy atom. The van der Waals surface area contributed by atoms with Gasteiger partial charge in [-0.1, -0.05) is 60.7 Å². The van der Waals surface area contributed by atoms with Crippen LogP contribution in [0.3, 0.4) is 0 Å². The highest BCUT2D eigenvalue weighted by atomic mass is 16.1. The Bertz CT molecular complexity index is 1200. The fraction of sp³-hybridized carbons (Fsp3) is 0.222. The number of fused-ring (bicyclic) bond motifs is 1. The number of nitrogens with two attached hydrogens (primary N) is 1. The van der Waals surface area contributed by atoms with E-state index in [1.807, 2.05) is 24.3 Å². The van der Waals surface area contributed by atoms with Gasteiger partial charge in [-0.3, -0.25) is 4.79 Å². The number of nitrogens with one attached hydrogen (secondary N) is 2. The molecule has 156 valence electrons. The highest BCUT2D eigenvalue weighted by Gasteiger charge is 2.28. The predicted octanol–water partition coefficient (Wildman–Crippen LogP) is 5.36. The van der Waals surface area contributed by atoms with Crippen LogP contribution in [0.2, 0.25) is 0 Å². The van der Waals surface area contributed by atoms with Gasteiger partial charge in [0, 0.05) is 24.2 Å². The Morgan fingerprint density at radius 1 is 0.968 bits per heavy atom. The van der Waals surface area contributed by atoms with E-state index in [1.54, 1.807) is 0 Å². The maximum atomic E-state index is 12.2. The van der Waals surface area contributed by atoms with Crippen LogP contribution >= 0.6 is 0 Å². The smallest absolute Gasteiger partial charge is 0.250 e. The monoisotopic (exact) mass is 409 g/mol. The number of benzene rings is 3. The Balaban J connectivity index is 1.42. The van der Waals surface area contributed by atoms with Gasteiger partial charge in [0.2, 0.25) is 0 Å². The van der Waals surface area contributed by atoms with Crippen LogP contribution in [0.5, 0.6) is 0 Å². The van der Waals surface area contributed by atoms with Crippen molar-refractivity contribution >= 4 is 16.8 Å². The molecule has 3 aromatic carbocycles. The van der Waals surface area contributed by atoms with Crippen molar-refractivity contribution in [3.8, 4) is 11.1 Å². The molecule has 1 aromatic heterocycles. The van der Waals surface area contributed by atoms with Gasteiger partial charge < -0.3 is 16.0 Å². The van der Waals surface area contributed by atoms with Crippen molar-refractivity contribution in [2.75, 3.05) is 0 Å². The molecule has 2 unspecified atom stereocenters. The predicted molar refractivity (Wildman–Crippen MR) is 126 cm³/mol. The van der Waals surface area contributed by atoms with Crippen LogP contribution in [-0.4, -0.2) is 16.9 Å². The third-order valence-electron chi connectivity index (χ3n) is 6.50. The molecular formula is C27H27N3O. The van der Waals surface area contributed by atoms with Crippen molar-refractivity contribution in [3.05, 3.63) is 95.7 Å². The van der Waals surface area contributed by atoms with E-state index in [-0.39, 0.29) is 0 Å². The van der Waals surface area contributed by atoms with E-state index < -0.39 is 5.91 Å². The van der Waals surface area contributed by atoms with Crippen LogP contribution in [0.1, 0.15) is 46.7 Å². The van der Waals surface area contributed by atoms with Crippen molar-refractivity contribution in [3.63, 3.8) is 0 Å². The quantitative estimate of drug-likeness (QED) is 0.401. The van der Waals surface area contributed by atoms with Crippen molar-refractivity contribution in [2.24, 2.45) is 5.73 Å². The van der Waals surface area contributed by atoms with Gasteiger partial charge in [0.25, 0.3) is 5.91 Å². The number of H-pyrrole nitrogens is 1. The number of aromatic nitrogens is 1. The van der Waals surface area contributed by atoms with Crippen LogP contribution in [0, 0.1) is 0 Å². The number of carbonyl (C=O) groups excluding carboxylic acids is 1. The molecule has 0 spiro atoms. The summed E-state index contributed by atoms with van der Waals surface area (Å²) in [5, 5.41) is 4.84. The fourth-order valence-electron chi connectivity index (χ4n) is 4.89. The molecule has 4 aromatic rings. The van der Waals surface area contributed by atoms with E-state index in [4.69, 9.17) is 5.73 Å². The number of amides is 1. The molecule has 0 bridgehead atoms.